The van der Waals surface area contributed by atoms with Gasteiger partial charge in [-0.3, -0.25) is 0 Å². The molecule has 2 rings (SSSR count). The van der Waals surface area contributed by atoms with E-state index < -0.39 is 0 Å². The van der Waals surface area contributed by atoms with Crippen LogP contribution in [0.15, 0.2) is 22.0 Å². The summed E-state index contributed by atoms with van der Waals surface area (Å²) >= 11 is 4.96. The van der Waals surface area contributed by atoms with Gasteiger partial charge in [0.05, 0.1) is 10.3 Å². The van der Waals surface area contributed by atoms with Crippen LogP contribution in [0.25, 0.3) is 10.1 Å². The number of fused-ring (bicyclic) bond motifs is 1. The molecule has 0 aliphatic carbocycles. The van der Waals surface area contributed by atoms with Crippen molar-refractivity contribution in [2.75, 3.05) is 5.73 Å². The van der Waals surface area contributed by atoms with Crippen LogP contribution < -0.4 is 5.73 Å². The summed E-state index contributed by atoms with van der Waals surface area (Å²) in [6, 6.07) is 5.71. The zero-order valence-corrected chi connectivity index (χ0v) is 8.95. The molecule has 2 N–H and O–H groups in total. The molecule has 0 aliphatic rings. The molecule has 0 amide bonds. The van der Waals surface area contributed by atoms with Crippen LogP contribution in [0.2, 0.25) is 0 Å². The molecule has 0 aliphatic heterocycles. The van der Waals surface area contributed by atoms with Crippen LogP contribution in [0.3, 0.4) is 0 Å². The molecule has 0 fully saturated rings. The van der Waals surface area contributed by atoms with Gasteiger partial charge in [0.25, 0.3) is 0 Å². The highest BCUT2D eigenvalue weighted by Crippen LogP contribution is 2.34. The lowest BCUT2D eigenvalue weighted by atomic mass is 10.1. The minimum absolute atomic E-state index is 0.628. The summed E-state index contributed by atoms with van der Waals surface area (Å²) in [6.07, 6.45) is 0. The van der Waals surface area contributed by atoms with Crippen LogP contribution in [0, 0.1) is 11.3 Å². The molecule has 2 aromatic rings. The molecule has 13 heavy (non-hydrogen) atoms. The van der Waals surface area contributed by atoms with Crippen LogP contribution in [0.4, 0.5) is 5.69 Å². The number of thiophene rings is 1. The first-order valence-corrected chi connectivity index (χ1v) is 5.26. The highest BCUT2D eigenvalue weighted by atomic mass is 79.9. The molecule has 0 bridgehead atoms. The molecule has 0 spiro atoms. The van der Waals surface area contributed by atoms with Gasteiger partial charge in [0.2, 0.25) is 0 Å². The lowest BCUT2D eigenvalue weighted by Gasteiger charge is -1.96. The van der Waals surface area contributed by atoms with Crippen molar-refractivity contribution in [3.8, 4) is 6.07 Å². The Bertz CT molecular complexity index is 510. The number of rotatable bonds is 0. The summed E-state index contributed by atoms with van der Waals surface area (Å²) in [6.45, 7) is 0. The van der Waals surface area contributed by atoms with Crippen molar-refractivity contribution < 1.29 is 0 Å². The summed E-state index contributed by atoms with van der Waals surface area (Å²) in [5, 5.41) is 11.8. The Balaban J connectivity index is 2.94. The summed E-state index contributed by atoms with van der Waals surface area (Å²) in [5.41, 5.74) is 6.93. The number of nitrogens with two attached hydrogens (primary N) is 1. The van der Waals surface area contributed by atoms with Gasteiger partial charge in [-0.25, -0.2) is 0 Å². The summed E-state index contributed by atoms with van der Waals surface area (Å²) < 4.78 is 1.99. The molecule has 64 valence electrons. The fraction of sp³-hybridized carbons (Fsp3) is 0. The largest absolute Gasteiger partial charge is 0.399 e. The predicted molar refractivity (Wildman–Crippen MR) is 58.7 cm³/mol. The van der Waals surface area contributed by atoms with Crippen LogP contribution in [0.5, 0.6) is 0 Å². The quantitative estimate of drug-likeness (QED) is 0.733. The van der Waals surface area contributed by atoms with E-state index in [1.54, 1.807) is 17.4 Å². The topological polar surface area (TPSA) is 49.8 Å². The Hall–Kier alpha value is -1.05. The number of nitriles is 1. The van der Waals surface area contributed by atoms with Crippen molar-refractivity contribution in [3.63, 3.8) is 0 Å². The molecule has 2 nitrogen and oxygen atoms in total. The number of hydrogen-bond acceptors (Lipinski definition) is 3. The minimum atomic E-state index is 0.628. The SMILES string of the molecule is N#Cc1cc(N)cc2c(Br)csc12. The van der Waals surface area contributed by atoms with Crippen LogP contribution in [0.1, 0.15) is 5.56 Å². The summed E-state index contributed by atoms with van der Waals surface area (Å²) in [7, 11) is 0. The maximum atomic E-state index is 8.86. The highest BCUT2D eigenvalue weighted by molar-refractivity contribution is 9.10. The molecule has 1 heterocycles. The van der Waals surface area contributed by atoms with E-state index in [4.69, 9.17) is 11.0 Å². The number of anilines is 1. The van der Waals surface area contributed by atoms with E-state index in [-0.39, 0.29) is 0 Å². The van der Waals surface area contributed by atoms with E-state index in [9.17, 15) is 0 Å². The van der Waals surface area contributed by atoms with Gasteiger partial charge in [0.1, 0.15) is 6.07 Å². The summed E-state index contributed by atoms with van der Waals surface area (Å²) in [5.74, 6) is 0. The second kappa shape index (κ2) is 3.02. The Kier molecular flexibility index (Phi) is 1.98. The molecule has 0 atom stereocenters. The molecule has 1 aromatic carbocycles. The second-order valence-corrected chi connectivity index (χ2v) is 4.37. The first kappa shape index (κ1) is 8.54. The predicted octanol–water partition coefficient (Wildman–Crippen LogP) is 3.12. The van der Waals surface area contributed by atoms with Crippen molar-refractivity contribution in [2.24, 2.45) is 0 Å². The van der Waals surface area contributed by atoms with E-state index in [0.29, 0.717) is 11.3 Å². The lowest BCUT2D eigenvalue weighted by molar-refractivity contribution is 1.51. The van der Waals surface area contributed by atoms with Gasteiger partial charge in [-0.15, -0.1) is 11.3 Å². The Labute approximate surface area is 87.7 Å². The van der Waals surface area contributed by atoms with Gasteiger partial charge in [-0.05, 0) is 28.1 Å². The van der Waals surface area contributed by atoms with Gasteiger partial charge in [-0.1, -0.05) is 0 Å². The number of nitrogens with zero attached hydrogens (tertiary/aromatic N) is 1. The average molecular weight is 253 g/mol. The standard InChI is InChI=1S/C9H5BrN2S/c10-8-4-13-9-5(3-11)1-6(12)2-7(8)9/h1-2,4H,12H2. The van der Waals surface area contributed by atoms with Crippen LogP contribution >= 0.6 is 27.3 Å². The number of nitrogen functional groups attached to an aromatic ring is 1. The van der Waals surface area contributed by atoms with E-state index in [1.165, 1.54) is 0 Å². The number of hydrogen-bond donors (Lipinski definition) is 1. The normalized spacial score (nSPS) is 10.2. The minimum Gasteiger partial charge on any atom is -0.399 e. The van der Waals surface area contributed by atoms with Crippen LogP contribution in [-0.2, 0) is 0 Å². The van der Waals surface area contributed by atoms with Gasteiger partial charge in [-0.2, -0.15) is 5.26 Å². The molecule has 1 aromatic heterocycles. The van der Waals surface area contributed by atoms with Gasteiger partial charge in [0, 0.05) is 20.9 Å². The molecule has 0 saturated carbocycles. The van der Waals surface area contributed by atoms with E-state index in [2.05, 4.69) is 22.0 Å². The molecule has 0 saturated heterocycles. The zero-order valence-electron chi connectivity index (χ0n) is 6.54. The third kappa shape index (κ3) is 1.30. The van der Waals surface area contributed by atoms with Crippen molar-refractivity contribution in [2.45, 2.75) is 0 Å². The maximum absolute atomic E-state index is 8.86. The van der Waals surface area contributed by atoms with Crippen molar-refractivity contribution in [3.05, 3.63) is 27.5 Å². The third-order valence-corrected chi connectivity index (χ3v) is 3.76. The lowest BCUT2D eigenvalue weighted by Crippen LogP contribution is -1.85. The highest BCUT2D eigenvalue weighted by Gasteiger charge is 2.06. The monoisotopic (exact) mass is 252 g/mol. The molecule has 0 radical (unpaired) electrons. The maximum Gasteiger partial charge on any atom is 0.101 e. The van der Waals surface area contributed by atoms with E-state index in [1.807, 2.05) is 11.4 Å². The Morgan fingerprint density at radius 3 is 2.92 bits per heavy atom. The van der Waals surface area contributed by atoms with Gasteiger partial charge < -0.3 is 5.73 Å². The number of halogens is 1. The smallest absolute Gasteiger partial charge is 0.101 e. The van der Waals surface area contributed by atoms with E-state index >= 15 is 0 Å². The third-order valence-electron chi connectivity index (χ3n) is 1.77. The number of benzene rings is 1. The zero-order chi connectivity index (χ0) is 9.42. The molecule has 0 unspecified atom stereocenters. The van der Waals surface area contributed by atoms with E-state index in [0.717, 1.165) is 14.6 Å². The van der Waals surface area contributed by atoms with Gasteiger partial charge >= 0.3 is 0 Å². The Morgan fingerprint density at radius 1 is 1.46 bits per heavy atom. The molecule has 4 heteroatoms. The fourth-order valence-corrected chi connectivity index (χ4v) is 2.81. The Morgan fingerprint density at radius 2 is 2.23 bits per heavy atom. The summed E-state index contributed by atoms with van der Waals surface area (Å²) in [4.78, 5) is 0. The second-order valence-electron chi connectivity index (χ2n) is 2.64. The van der Waals surface area contributed by atoms with Crippen LogP contribution in [-0.4, -0.2) is 0 Å². The molecular formula is C9H5BrN2S. The van der Waals surface area contributed by atoms with Crippen molar-refractivity contribution in [1.29, 1.82) is 5.26 Å². The fourth-order valence-electron chi connectivity index (χ4n) is 1.21. The first-order chi connectivity index (χ1) is 6.22. The van der Waals surface area contributed by atoms with Gasteiger partial charge in [0.15, 0.2) is 0 Å². The molecular weight excluding hydrogens is 248 g/mol. The van der Waals surface area contributed by atoms with Crippen molar-refractivity contribution in [1.82, 2.24) is 0 Å². The first-order valence-electron chi connectivity index (χ1n) is 3.58. The average Bonchev–Trinajstić information content (AvgIpc) is 2.47. The van der Waals surface area contributed by atoms with Crippen molar-refractivity contribution >= 4 is 43.0 Å².